The Balaban J connectivity index is 2.05. The highest BCUT2D eigenvalue weighted by molar-refractivity contribution is 7.99. The number of rotatable bonds is 4. The number of carboxylic acids is 1. The van der Waals surface area contributed by atoms with Crippen LogP contribution in [0.4, 0.5) is 4.79 Å². The Labute approximate surface area is 120 Å². The van der Waals surface area contributed by atoms with E-state index in [0.29, 0.717) is 24.7 Å². The highest BCUT2D eigenvalue weighted by Gasteiger charge is 2.36. The number of carboxylic acid groups (broad SMARTS) is 1. The van der Waals surface area contributed by atoms with Gasteiger partial charge in [-0.2, -0.15) is 0 Å². The van der Waals surface area contributed by atoms with Crippen molar-refractivity contribution >= 4 is 35.1 Å². The minimum Gasteiger partial charge on any atom is -0.480 e. The quantitative estimate of drug-likeness (QED) is 0.925. The fourth-order valence-corrected chi connectivity index (χ4v) is 3.78. The van der Waals surface area contributed by atoms with Gasteiger partial charge in [-0.1, -0.05) is 6.07 Å². The normalized spacial score (nSPS) is 18.6. The van der Waals surface area contributed by atoms with Crippen LogP contribution in [0.1, 0.15) is 11.8 Å². The summed E-state index contributed by atoms with van der Waals surface area (Å²) in [6.45, 7) is 3.02. The summed E-state index contributed by atoms with van der Waals surface area (Å²) in [5.41, 5.74) is 0. The van der Waals surface area contributed by atoms with Crippen molar-refractivity contribution in [2.45, 2.75) is 19.5 Å². The zero-order valence-electron chi connectivity index (χ0n) is 10.6. The highest BCUT2D eigenvalue weighted by atomic mass is 32.2. The number of carbonyl (C=O) groups is 2. The van der Waals surface area contributed by atoms with Crippen molar-refractivity contribution in [2.75, 3.05) is 18.2 Å². The first-order chi connectivity index (χ1) is 9.13. The van der Waals surface area contributed by atoms with Gasteiger partial charge in [-0.15, -0.1) is 23.1 Å². The van der Waals surface area contributed by atoms with Crippen LogP contribution >= 0.6 is 23.1 Å². The number of hydrogen-bond donors (Lipinski definition) is 1. The van der Waals surface area contributed by atoms with Crippen molar-refractivity contribution in [3.63, 3.8) is 0 Å². The molecule has 1 aromatic heterocycles. The van der Waals surface area contributed by atoms with Crippen LogP contribution in [0.25, 0.3) is 0 Å². The van der Waals surface area contributed by atoms with E-state index in [0.717, 1.165) is 4.88 Å². The molecule has 5 nitrogen and oxygen atoms in total. The number of amides is 2. The molecular formula is C12H16N2O3S2. The second-order valence-electron chi connectivity index (χ2n) is 4.20. The molecule has 0 radical (unpaired) electrons. The Morgan fingerprint density at radius 1 is 1.58 bits per heavy atom. The van der Waals surface area contributed by atoms with E-state index in [9.17, 15) is 9.59 Å². The molecule has 0 spiro atoms. The third-order valence-electron chi connectivity index (χ3n) is 2.99. The van der Waals surface area contributed by atoms with Crippen LogP contribution in [0.15, 0.2) is 17.5 Å². The maximum Gasteiger partial charge on any atom is 0.327 e. The highest BCUT2D eigenvalue weighted by Crippen LogP contribution is 2.23. The summed E-state index contributed by atoms with van der Waals surface area (Å²) in [5, 5.41) is 11.1. The Kier molecular flexibility index (Phi) is 4.71. The summed E-state index contributed by atoms with van der Waals surface area (Å²) in [7, 11) is 0. The molecule has 2 amide bonds. The van der Waals surface area contributed by atoms with E-state index in [1.54, 1.807) is 16.2 Å². The summed E-state index contributed by atoms with van der Waals surface area (Å²) < 4.78 is 0. The van der Waals surface area contributed by atoms with Crippen LogP contribution in [-0.4, -0.2) is 51.1 Å². The molecular weight excluding hydrogens is 284 g/mol. The second-order valence-corrected chi connectivity index (χ2v) is 6.23. The topological polar surface area (TPSA) is 60.9 Å². The van der Waals surface area contributed by atoms with Gasteiger partial charge in [0.05, 0.1) is 12.4 Å². The summed E-state index contributed by atoms with van der Waals surface area (Å²) in [6.07, 6.45) is 0. The lowest BCUT2D eigenvalue weighted by molar-refractivity contribution is -0.140. The number of nitrogens with zero attached hydrogens (tertiary/aromatic N) is 2. The third kappa shape index (κ3) is 3.22. The maximum atomic E-state index is 12.4. The van der Waals surface area contributed by atoms with Crippen molar-refractivity contribution in [2.24, 2.45) is 0 Å². The molecule has 0 unspecified atom stereocenters. The molecule has 0 saturated carbocycles. The van der Waals surface area contributed by atoms with E-state index < -0.39 is 12.0 Å². The van der Waals surface area contributed by atoms with Crippen molar-refractivity contribution < 1.29 is 14.7 Å². The lowest BCUT2D eigenvalue weighted by atomic mass is 10.3. The third-order valence-corrected chi connectivity index (χ3v) is 4.87. The van der Waals surface area contributed by atoms with Gasteiger partial charge in [0.2, 0.25) is 0 Å². The smallest absolute Gasteiger partial charge is 0.327 e. The zero-order chi connectivity index (χ0) is 13.8. The Morgan fingerprint density at radius 3 is 2.95 bits per heavy atom. The van der Waals surface area contributed by atoms with Gasteiger partial charge >= 0.3 is 12.0 Å². The van der Waals surface area contributed by atoms with Gasteiger partial charge in [-0.3, -0.25) is 0 Å². The van der Waals surface area contributed by atoms with E-state index in [2.05, 4.69) is 0 Å². The Morgan fingerprint density at radius 2 is 2.37 bits per heavy atom. The molecule has 1 fully saturated rings. The predicted octanol–water partition coefficient (Wildman–Crippen LogP) is 2.15. The average Bonchev–Trinajstić information content (AvgIpc) is 3.05. The standard InChI is InChI=1S/C12H16N2O3S2/c1-2-13(6-9-4-3-5-19-9)12(17)14-8-18-7-10(14)11(15)16/h3-5,10H,2,6-8H2,1H3,(H,15,16)/t10-/m0/s1. The van der Waals surface area contributed by atoms with Gasteiger partial charge in [0.15, 0.2) is 0 Å². The minimum atomic E-state index is -0.925. The molecule has 1 aromatic rings. The molecule has 2 rings (SSSR count). The summed E-state index contributed by atoms with van der Waals surface area (Å²) in [4.78, 5) is 27.8. The Bertz CT molecular complexity index is 450. The van der Waals surface area contributed by atoms with E-state index in [4.69, 9.17) is 5.11 Å². The molecule has 7 heteroatoms. The second kappa shape index (κ2) is 6.29. The fourth-order valence-electron chi connectivity index (χ4n) is 1.92. The van der Waals surface area contributed by atoms with Crippen LogP contribution in [-0.2, 0) is 11.3 Å². The first-order valence-corrected chi connectivity index (χ1v) is 8.05. The molecule has 104 valence electrons. The number of hydrogen-bond acceptors (Lipinski definition) is 4. The van der Waals surface area contributed by atoms with Crippen molar-refractivity contribution in [1.29, 1.82) is 0 Å². The van der Waals surface area contributed by atoms with E-state index in [1.165, 1.54) is 16.7 Å². The molecule has 0 bridgehead atoms. The first kappa shape index (κ1) is 14.2. The molecule has 1 saturated heterocycles. The number of thiophene rings is 1. The van der Waals surface area contributed by atoms with Crippen molar-refractivity contribution in [1.82, 2.24) is 9.80 Å². The van der Waals surface area contributed by atoms with Crippen LogP contribution in [0.2, 0.25) is 0 Å². The molecule has 1 aliphatic rings. The van der Waals surface area contributed by atoms with Crippen LogP contribution in [0, 0.1) is 0 Å². The molecule has 0 aromatic carbocycles. The zero-order valence-corrected chi connectivity index (χ0v) is 12.2. The predicted molar refractivity (Wildman–Crippen MR) is 76.4 cm³/mol. The van der Waals surface area contributed by atoms with Gasteiger partial charge in [0.1, 0.15) is 6.04 Å². The fraction of sp³-hybridized carbons (Fsp3) is 0.500. The van der Waals surface area contributed by atoms with E-state index >= 15 is 0 Å². The number of aliphatic carboxylic acids is 1. The molecule has 1 N–H and O–H groups in total. The molecule has 2 heterocycles. The van der Waals surface area contributed by atoms with Crippen LogP contribution < -0.4 is 0 Å². The van der Waals surface area contributed by atoms with Gasteiger partial charge in [0.25, 0.3) is 0 Å². The average molecular weight is 300 g/mol. The van der Waals surface area contributed by atoms with Gasteiger partial charge in [0, 0.05) is 17.2 Å². The van der Waals surface area contributed by atoms with E-state index in [1.807, 2.05) is 24.4 Å². The number of thioether (sulfide) groups is 1. The van der Waals surface area contributed by atoms with Gasteiger partial charge < -0.3 is 14.9 Å². The van der Waals surface area contributed by atoms with Crippen LogP contribution in [0.5, 0.6) is 0 Å². The van der Waals surface area contributed by atoms with Crippen LogP contribution in [0.3, 0.4) is 0 Å². The van der Waals surface area contributed by atoms with Gasteiger partial charge in [-0.05, 0) is 18.4 Å². The maximum absolute atomic E-state index is 12.4. The summed E-state index contributed by atoms with van der Waals surface area (Å²) in [6, 6.07) is 3.04. The largest absolute Gasteiger partial charge is 0.480 e. The van der Waals surface area contributed by atoms with Crippen molar-refractivity contribution in [3.05, 3.63) is 22.4 Å². The van der Waals surface area contributed by atoms with E-state index in [-0.39, 0.29) is 6.03 Å². The Hall–Kier alpha value is -1.21. The minimum absolute atomic E-state index is 0.187. The molecule has 1 atom stereocenters. The summed E-state index contributed by atoms with van der Waals surface area (Å²) in [5.74, 6) is -0.000468. The monoisotopic (exact) mass is 300 g/mol. The molecule has 0 aliphatic carbocycles. The first-order valence-electron chi connectivity index (χ1n) is 6.02. The molecule has 1 aliphatic heterocycles. The van der Waals surface area contributed by atoms with Gasteiger partial charge in [-0.25, -0.2) is 9.59 Å². The molecule has 19 heavy (non-hydrogen) atoms. The van der Waals surface area contributed by atoms with Crippen molar-refractivity contribution in [3.8, 4) is 0 Å². The lowest BCUT2D eigenvalue weighted by Gasteiger charge is -2.28. The number of urea groups is 1. The number of carbonyl (C=O) groups excluding carboxylic acids is 1. The lowest BCUT2D eigenvalue weighted by Crippen LogP contribution is -2.48. The SMILES string of the molecule is CCN(Cc1cccs1)C(=O)N1CSC[C@H]1C(=O)O. The summed E-state index contributed by atoms with van der Waals surface area (Å²) >= 11 is 3.08.